The number of para-hydroxylation sites is 1. The van der Waals surface area contributed by atoms with Crippen molar-refractivity contribution in [2.45, 2.75) is 45.6 Å². The van der Waals surface area contributed by atoms with Gasteiger partial charge in [0, 0.05) is 19.1 Å². The van der Waals surface area contributed by atoms with Gasteiger partial charge in [-0.2, -0.15) is 0 Å². The molecule has 6 nitrogen and oxygen atoms in total. The molecule has 1 saturated heterocycles. The van der Waals surface area contributed by atoms with Crippen LogP contribution < -0.4 is 14.8 Å². The van der Waals surface area contributed by atoms with Gasteiger partial charge < -0.3 is 19.7 Å². The number of unbranched alkanes of at least 4 members (excludes halogenated alkanes) is 1. The maximum atomic E-state index is 13.1. The minimum Gasteiger partial charge on any atom is -0.493 e. The summed E-state index contributed by atoms with van der Waals surface area (Å²) in [5.41, 5.74) is 0.464. The summed E-state index contributed by atoms with van der Waals surface area (Å²) in [5, 5.41) is 2.99. The average molecular weight is 362 g/mol. The number of hydrogen-bond donors (Lipinski definition) is 1. The van der Waals surface area contributed by atoms with E-state index in [0.29, 0.717) is 30.2 Å². The number of hydrogen-bond acceptors (Lipinski definition) is 4. The van der Waals surface area contributed by atoms with Crippen molar-refractivity contribution in [3.8, 4) is 11.5 Å². The van der Waals surface area contributed by atoms with Crippen molar-refractivity contribution in [1.82, 2.24) is 10.2 Å². The lowest BCUT2D eigenvalue weighted by Gasteiger charge is -2.37. The molecule has 1 aromatic carbocycles. The number of nitrogens with one attached hydrogen (secondary N) is 1. The number of carbonyl (C=O) groups is 2. The highest BCUT2D eigenvalue weighted by molar-refractivity contribution is 5.98. The van der Waals surface area contributed by atoms with Gasteiger partial charge in [-0.05, 0) is 38.3 Å². The molecule has 0 saturated carbocycles. The molecular weight excluding hydrogens is 332 g/mol. The molecule has 0 aromatic heterocycles. The van der Waals surface area contributed by atoms with Crippen molar-refractivity contribution in [3.05, 3.63) is 23.8 Å². The third kappa shape index (κ3) is 4.48. The third-order valence-corrected chi connectivity index (χ3v) is 4.98. The van der Waals surface area contributed by atoms with E-state index >= 15 is 0 Å². The van der Waals surface area contributed by atoms with Crippen molar-refractivity contribution < 1.29 is 19.1 Å². The smallest absolute Gasteiger partial charge is 0.258 e. The summed E-state index contributed by atoms with van der Waals surface area (Å²) in [4.78, 5) is 27.3. The molecule has 1 N–H and O–H groups in total. The Hall–Kier alpha value is -2.24. The molecule has 26 heavy (non-hydrogen) atoms. The van der Waals surface area contributed by atoms with Gasteiger partial charge in [0.1, 0.15) is 0 Å². The number of likely N-dealkylation sites (tertiary alicyclic amines) is 1. The summed E-state index contributed by atoms with van der Waals surface area (Å²) in [6.07, 6.45) is 3.63. The van der Waals surface area contributed by atoms with Crippen LogP contribution in [0.5, 0.6) is 11.5 Å². The van der Waals surface area contributed by atoms with Crippen LogP contribution in [0.4, 0.5) is 0 Å². The van der Waals surface area contributed by atoms with Crippen LogP contribution in [0.15, 0.2) is 18.2 Å². The molecule has 1 aliphatic heterocycles. The first-order chi connectivity index (χ1) is 12.5. The Labute approximate surface area is 155 Å². The van der Waals surface area contributed by atoms with E-state index in [1.165, 1.54) is 7.11 Å². The summed E-state index contributed by atoms with van der Waals surface area (Å²) < 4.78 is 10.7. The highest BCUT2D eigenvalue weighted by Gasteiger charge is 2.34. The van der Waals surface area contributed by atoms with Crippen molar-refractivity contribution in [2.24, 2.45) is 5.92 Å². The predicted molar refractivity (Wildman–Crippen MR) is 101 cm³/mol. The van der Waals surface area contributed by atoms with E-state index in [-0.39, 0.29) is 23.8 Å². The molecule has 0 radical (unpaired) electrons. The summed E-state index contributed by atoms with van der Waals surface area (Å²) in [5.74, 6) is 0.710. The number of ether oxygens (including phenoxy) is 2. The Bertz CT molecular complexity index is 632. The van der Waals surface area contributed by atoms with E-state index in [1.807, 2.05) is 6.92 Å². The average Bonchev–Trinajstić information content (AvgIpc) is 2.67. The van der Waals surface area contributed by atoms with Crippen LogP contribution in [0.25, 0.3) is 0 Å². The molecular formula is C20H30N2O4. The van der Waals surface area contributed by atoms with Gasteiger partial charge in [0.05, 0.1) is 25.7 Å². The van der Waals surface area contributed by atoms with Crippen LogP contribution in [0.1, 0.15) is 49.9 Å². The second-order valence-electron chi connectivity index (χ2n) is 6.77. The molecule has 1 fully saturated rings. The normalized spacial score (nSPS) is 19.8. The van der Waals surface area contributed by atoms with Gasteiger partial charge >= 0.3 is 0 Å². The fourth-order valence-corrected chi connectivity index (χ4v) is 3.35. The summed E-state index contributed by atoms with van der Waals surface area (Å²) in [6, 6.07) is 5.36. The Morgan fingerprint density at radius 2 is 2.00 bits per heavy atom. The minimum atomic E-state index is -0.163. The van der Waals surface area contributed by atoms with Gasteiger partial charge in [0.15, 0.2) is 11.5 Å². The molecule has 0 spiro atoms. The van der Waals surface area contributed by atoms with E-state index in [9.17, 15) is 9.59 Å². The van der Waals surface area contributed by atoms with Crippen LogP contribution in [-0.2, 0) is 4.79 Å². The van der Waals surface area contributed by atoms with E-state index < -0.39 is 0 Å². The Morgan fingerprint density at radius 3 is 2.65 bits per heavy atom. The van der Waals surface area contributed by atoms with E-state index in [0.717, 1.165) is 25.7 Å². The fourth-order valence-electron chi connectivity index (χ4n) is 3.35. The zero-order chi connectivity index (χ0) is 19.1. The number of benzene rings is 1. The molecule has 2 unspecified atom stereocenters. The lowest BCUT2D eigenvalue weighted by atomic mass is 9.92. The number of methoxy groups -OCH3 is 2. The first-order valence-corrected chi connectivity index (χ1v) is 9.33. The Balaban J connectivity index is 2.15. The number of piperidine rings is 1. The number of amides is 2. The van der Waals surface area contributed by atoms with Crippen LogP contribution >= 0.6 is 0 Å². The molecule has 2 atom stereocenters. The summed E-state index contributed by atoms with van der Waals surface area (Å²) in [7, 11) is 3.07. The molecule has 2 amide bonds. The zero-order valence-corrected chi connectivity index (χ0v) is 16.2. The highest BCUT2D eigenvalue weighted by atomic mass is 16.5. The SMILES string of the molecule is CCCCNC(=O)C1CCC(C)N(C(=O)c2cccc(OC)c2OC)C1. The Morgan fingerprint density at radius 1 is 1.23 bits per heavy atom. The lowest BCUT2D eigenvalue weighted by Crippen LogP contribution is -2.49. The molecule has 1 aromatic rings. The van der Waals surface area contributed by atoms with E-state index in [2.05, 4.69) is 12.2 Å². The standard InChI is InChI=1S/C20H30N2O4/c1-5-6-12-21-19(23)15-11-10-14(2)22(13-15)20(24)16-8-7-9-17(25-3)18(16)26-4/h7-9,14-15H,5-6,10-13H2,1-4H3,(H,21,23). The molecule has 144 valence electrons. The topological polar surface area (TPSA) is 67.9 Å². The lowest BCUT2D eigenvalue weighted by molar-refractivity contribution is -0.126. The molecule has 2 rings (SSSR count). The third-order valence-electron chi connectivity index (χ3n) is 4.98. The largest absolute Gasteiger partial charge is 0.493 e. The molecule has 1 aliphatic rings. The van der Waals surface area contributed by atoms with Gasteiger partial charge in [-0.15, -0.1) is 0 Å². The quantitative estimate of drug-likeness (QED) is 0.758. The second-order valence-corrected chi connectivity index (χ2v) is 6.77. The number of carbonyl (C=O) groups excluding carboxylic acids is 2. The maximum Gasteiger partial charge on any atom is 0.258 e. The van der Waals surface area contributed by atoms with Gasteiger partial charge in [-0.1, -0.05) is 19.4 Å². The van der Waals surface area contributed by atoms with Gasteiger partial charge in [0.25, 0.3) is 5.91 Å². The van der Waals surface area contributed by atoms with Crippen molar-refractivity contribution >= 4 is 11.8 Å². The van der Waals surface area contributed by atoms with Crippen molar-refractivity contribution in [3.63, 3.8) is 0 Å². The van der Waals surface area contributed by atoms with Crippen LogP contribution in [0.2, 0.25) is 0 Å². The molecule has 0 bridgehead atoms. The van der Waals surface area contributed by atoms with Gasteiger partial charge in [-0.3, -0.25) is 9.59 Å². The van der Waals surface area contributed by atoms with Crippen LogP contribution in [0, 0.1) is 5.92 Å². The summed E-state index contributed by atoms with van der Waals surface area (Å²) >= 11 is 0. The monoisotopic (exact) mass is 362 g/mol. The highest BCUT2D eigenvalue weighted by Crippen LogP contribution is 2.33. The molecule has 0 aliphatic carbocycles. The van der Waals surface area contributed by atoms with E-state index in [4.69, 9.17) is 9.47 Å². The van der Waals surface area contributed by atoms with Gasteiger partial charge in [-0.25, -0.2) is 0 Å². The number of nitrogens with zero attached hydrogens (tertiary/aromatic N) is 1. The maximum absolute atomic E-state index is 13.1. The number of rotatable bonds is 7. The zero-order valence-electron chi connectivity index (χ0n) is 16.2. The fraction of sp³-hybridized carbons (Fsp3) is 0.600. The first-order valence-electron chi connectivity index (χ1n) is 9.33. The Kier molecular flexibility index (Phi) is 7.30. The van der Waals surface area contributed by atoms with Crippen LogP contribution in [0.3, 0.4) is 0 Å². The summed E-state index contributed by atoms with van der Waals surface area (Å²) in [6.45, 7) is 5.24. The molecule has 6 heteroatoms. The van der Waals surface area contributed by atoms with Crippen molar-refractivity contribution in [1.29, 1.82) is 0 Å². The van der Waals surface area contributed by atoms with Crippen molar-refractivity contribution in [2.75, 3.05) is 27.3 Å². The minimum absolute atomic E-state index is 0.0424. The van der Waals surface area contributed by atoms with Crippen LogP contribution in [-0.4, -0.2) is 50.1 Å². The predicted octanol–water partition coefficient (Wildman–Crippen LogP) is 2.86. The van der Waals surface area contributed by atoms with Gasteiger partial charge in [0.2, 0.25) is 5.91 Å². The van der Waals surface area contributed by atoms with E-state index in [1.54, 1.807) is 30.2 Å². The molecule has 1 heterocycles. The first kappa shape index (κ1) is 20.1. The second kappa shape index (κ2) is 9.46.